The highest BCUT2D eigenvalue weighted by atomic mass is 35.5. The molecule has 2 aromatic carbocycles. The third kappa shape index (κ3) is 4.67. The van der Waals surface area contributed by atoms with E-state index in [-0.39, 0.29) is 17.8 Å². The monoisotopic (exact) mass is 389 g/mol. The van der Waals surface area contributed by atoms with Gasteiger partial charge in [-0.05, 0) is 17.7 Å². The fourth-order valence-corrected chi connectivity index (χ4v) is 3.70. The van der Waals surface area contributed by atoms with E-state index in [0.717, 1.165) is 31.7 Å². The number of benzene rings is 2. The van der Waals surface area contributed by atoms with Crippen molar-refractivity contribution in [3.63, 3.8) is 0 Å². The van der Waals surface area contributed by atoms with Crippen LogP contribution in [0.25, 0.3) is 0 Å². The zero-order valence-corrected chi connectivity index (χ0v) is 16.5. The summed E-state index contributed by atoms with van der Waals surface area (Å²) in [7, 11) is 3.57. The maximum atomic E-state index is 14.1. The molecule has 4 nitrogen and oxygen atoms in total. The summed E-state index contributed by atoms with van der Waals surface area (Å²) >= 11 is 6.16. The lowest BCUT2D eigenvalue weighted by Crippen LogP contribution is -2.50. The average molecular weight is 390 g/mol. The Balaban J connectivity index is 1.70. The van der Waals surface area contributed by atoms with Crippen LogP contribution in [-0.4, -0.2) is 60.9 Å². The van der Waals surface area contributed by atoms with Crippen LogP contribution in [0.5, 0.6) is 0 Å². The molecule has 1 atom stereocenters. The number of piperazine rings is 1. The van der Waals surface area contributed by atoms with Gasteiger partial charge in [0.25, 0.3) is 0 Å². The lowest BCUT2D eigenvalue weighted by atomic mass is 10.0. The quantitative estimate of drug-likeness (QED) is 0.783. The van der Waals surface area contributed by atoms with E-state index in [4.69, 9.17) is 11.6 Å². The molecular formula is C21H25ClFN3O. The van der Waals surface area contributed by atoms with Gasteiger partial charge in [-0.1, -0.05) is 48.0 Å². The molecule has 0 radical (unpaired) electrons. The van der Waals surface area contributed by atoms with Gasteiger partial charge in [-0.2, -0.15) is 0 Å². The number of hydrogen-bond donors (Lipinski definition) is 0. The van der Waals surface area contributed by atoms with Crippen LogP contribution in [0, 0.1) is 5.82 Å². The van der Waals surface area contributed by atoms with Crippen LogP contribution in [-0.2, 0) is 11.3 Å². The molecule has 1 aliphatic heterocycles. The number of carbonyl (C=O) groups is 1. The van der Waals surface area contributed by atoms with Gasteiger partial charge in [-0.15, -0.1) is 0 Å². The topological polar surface area (TPSA) is 26.8 Å². The second-order valence-corrected chi connectivity index (χ2v) is 7.47. The first-order valence-corrected chi connectivity index (χ1v) is 9.50. The largest absolute Gasteiger partial charge is 0.347 e. The van der Waals surface area contributed by atoms with Crippen LogP contribution < -0.4 is 0 Å². The van der Waals surface area contributed by atoms with Crippen molar-refractivity contribution in [2.24, 2.45) is 0 Å². The molecule has 0 saturated carbocycles. The summed E-state index contributed by atoms with van der Waals surface area (Å²) in [6.45, 7) is 3.48. The maximum absolute atomic E-state index is 14.1. The van der Waals surface area contributed by atoms with Gasteiger partial charge < -0.3 is 4.90 Å². The molecule has 1 amide bonds. The molecule has 1 fully saturated rings. The summed E-state index contributed by atoms with van der Waals surface area (Å²) < 4.78 is 14.1. The first-order chi connectivity index (χ1) is 13.0. The number of amides is 1. The van der Waals surface area contributed by atoms with Gasteiger partial charge in [-0.25, -0.2) is 4.39 Å². The Bertz CT molecular complexity index is 756. The fourth-order valence-electron chi connectivity index (χ4n) is 3.48. The highest BCUT2D eigenvalue weighted by molar-refractivity contribution is 6.31. The number of nitrogens with zero attached hydrogens (tertiary/aromatic N) is 3. The van der Waals surface area contributed by atoms with E-state index in [1.807, 2.05) is 30.3 Å². The van der Waals surface area contributed by atoms with Crippen molar-refractivity contribution in [2.45, 2.75) is 12.6 Å². The maximum Gasteiger partial charge on any atom is 0.244 e. The van der Waals surface area contributed by atoms with Gasteiger partial charge in [0, 0.05) is 57.4 Å². The molecular weight excluding hydrogens is 365 g/mol. The summed E-state index contributed by atoms with van der Waals surface area (Å²) in [5.41, 5.74) is 1.54. The lowest BCUT2D eigenvalue weighted by molar-refractivity contribution is -0.135. The van der Waals surface area contributed by atoms with E-state index in [0.29, 0.717) is 17.1 Å². The highest BCUT2D eigenvalue weighted by Crippen LogP contribution is 2.26. The van der Waals surface area contributed by atoms with E-state index >= 15 is 0 Å². The van der Waals surface area contributed by atoms with Crippen molar-refractivity contribution in [3.8, 4) is 0 Å². The van der Waals surface area contributed by atoms with Gasteiger partial charge in [0.2, 0.25) is 5.91 Å². The van der Waals surface area contributed by atoms with Crippen LogP contribution >= 0.6 is 11.6 Å². The molecule has 27 heavy (non-hydrogen) atoms. The van der Waals surface area contributed by atoms with Crippen molar-refractivity contribution < 1.29 is 9.18 Å². The summed E-state index contributed by atoms with van der Waals surface area (Å²) in [5.74, 6) is -0.193. The minimum Gasteiger partial charge on any atom is -0.347 e. The molecule has 0 N–H and O–H groups in total. The zero-order chi connectivity index (χ0) is 19.4. The molecule has 0 spiro atoms. The van der Waals surface area contributed by atoms with Crippen molar-refractivity contribution in [3.05, 3.63) is 70.5 Å². The third-order valence-electron chi connectivity index (χ3n) is 5.01. The first-order valence-electron chi connectivity index (χ1n) is 9.13. The van der Waals surface area contributed by atoms with Crippen molar-refractivity contribution in [1.29, 1.82) is 0 Å². The zero-order valence-electron chi connectivity index (χ0n) is 15.7. The highest BCUT2D eigenvalue weighted by Gasteiger charge is 2.31. The molecule has 1 heterocycles. The Labute approximate surface area is 165 Å². The first kappa shape index (κ1) is 19.8. The van der Waals surface area contributed by atoms with Gasteiger partial charge >= 0.3 is 0 Å². The lowest BCUT2D eigenvalue weighted by Gasteiger charge is -2.39. The minimum absolute atomic E-state index is 0.0757. The van der Waals surface area contributed by atoms with E-state index < -0.39 is 0 Å². The van der Waals surface area contributed by atoms with Crippen LogP contribution in [0.4, 0.5) is 4.39 Å². The summed E-state index contributed by atoms with van der Waals surface area (Å²) in [5, 5.41) is 0.461. The number of likely N-dealkylation sites (N-methyl/N-ethyl adjacent to an activating group) is 1. The molecule has 6 heteroatoms. The summed E-state index contributed by atoms with van der Waals surface area (Å²) in [4.78, 5) is 18.8. The van der Waals surface area contributed by atoms with E-state index in [2.05, 4.69) is 9.80 Å². The molecule has 1 aliphatic rings. The minimum atomic E-state index is -0.291. The van der Waals surface area contributed by atoms with Crippen molar-refractivity contribution in [2.75, 3.05) is 40.3 Å². The number of halogens is 2. The Morgan fingerprint density at radius 3 is 2.33 bits per heavy atom. The Morgan fingerprint density at radius 2 is 1.74 bits per heavy atom. The van der Waals surface area contributed by atoms with Crippen LogP contribution in [0.15, 0.2) is 48.5 Å². The normalized spacial score (nSPS) is 16.9. The van der Waals surface area contributed by atoms with Crippen LogP contribution in [0.2, 0.25) is 5.02 Å². The second-order valence-electron chi connectivity index (χ2n) is 7.06. The number of rotatable bonds is 5. The Morgan fingerprint density at radius 1 is 1.07 bits per heavy atom. The Kier molecular flexibility index (Phi) is 6.47. The van der Waals surface area contributed by atoms with E-state index in [1.54, 1.807) is 31.1 Å². The summed E-state index contributed by atoms with van der Waals surface area (Å²) in [6.07, 6.45) is 0. The van der Waals surface area contributed by atoms with Gasteiger partial charge in [0.1, 0.15) is 11.9 Å². The molecule has 3 rings (SSSR count). The van der Waals surface area contributed by atoms with E-state index in [9.17, 15) is 9.18 Å². The van der Waals surface area contributed by atoms with Crippen molar-refractivity contribution in [1.82, 2.24) is 14.7 Å². The predicted octanol–water partition coefficient (Wildman–Crippen LogP) is 3.43. The molecule has 0 aromatic heterocycles. The molecule has 0 bridgehead atoms. The number of hydrogen-bond acceptors (Lipinski definition) is 3. The van der Waals surface area contributed by atoms with Gasteiger partial charge in [0.05, 0.1) is 0 Å². The van der Waals surface area contributed by atoms with Crippen LogP contribution in [0.3, 0.4) is 0 Å². The molecule has 2 aromatic rings. The average Bonchev–Trinajstić information content (AvgIpc) is 2.67. The predicted molar refractivity (Wildman–Crippen MR) is 106 cm³/mol. The van der Waals surface area contributed by atoms with Crippen molar-refractivity contribution >= 4 is 17.5 Å². The van der Waals surface area contributed by atoms with Gasteiger partial charge in [0.15, 0.2) is 0 Å². The third-order valence-corrected chi connectivity index (χ3v) is 5.36. The molecule has 1 unspecified atom stereocenters. The van der Waals surface area contributed by atoms with Gasteiger partial charge in [-0.3, -0.25) is 14.6 Å². The number of carbonyl (C=O) groups excluding carboxylic acids is 1. The van der Waals surface area contributed by atoms with E-state index in [1.165, 1.54) is 6.07 Å². The second kappa shape index (κ2) is 8.83. The SMILES string of the molecule is CN(C)C(=O)C(c1ccccc1)N1CCN(Cc2c(F)cccc2Cl)CC1. The molecule has 0 aliphatic carbocycles. The molecule has 1 saturated heterocycles. The fraction of sp³-hybridized carbons (Fsp3) is 0.381. The van der Waals surface area contributed by atoms with Crippen LogP contribution in [0.1, 0.15) is 17.2 Å². The smallest absolute Gasteiger partial charge is 0.244 e. The standard InChI is InChI=1S/C21H25ClFN3O/c1-24(2)21(27)20(16-7-4-3-5-8-16)26-13-11-25(12-14-26)15-17-18(22)9-6-10-19(17)23/h3-10,20H,11-15H2,1-2H3. The Hall–Kier alpha value is -1.95. The molecule has 144 valence electrons. The summed E-state index contributed by atoms with van der Waals surface area (Å²) in [6, 6.07) is 14.4.